The number of ether oxygens (including phenoxy) is 2. The number of hydrogen-bond donors (Lipinski definition) is 2. The van der Waals surface area contributed by atoms with E-state index in [9.17, 15) is 4.79 Å². The van der Waals surface area contributed by atoms with Gasteiger partial charge in [0, 0.05) is 11.8 Å². The van der Waals surface area contributed by atoms with Gasteiger partial charge in [0.1, 0.15) is 5.82 Å². The number of aromatic nitrogens is 2. The number of nitrogens with one attached hydrogen (secondary N) is 1. The Labute approximate surface area is 133 Å². The summed E-state index contributed by atoms with van der Waals surface area (Å²) in [6.07, 6.45) is 0.806. The van der Waals surface area contributed by atoms with Gasteiger partial charge in [-0.2, -0.15) is 0 Å². The molecule has 0 radical (unpaired) electrons. The van der Waals surface area contributed by atoms with E-state index in [4.69, 9.17) is 15.2 Å². The van der Waals surface area contributed by atoms with Gasteiger partial charge in [-0.1, -0.05) is 17.8 Å². The summed E-state index contributed by atoms with van der Waals surface area (Å²) in [5, 5.41) is 0.526. The lowest BCUT2D eigenvalue weighted by molar-refractivity contribution is 0.295. The summed E-state index contributed by atoms with van der Waals surface area (Å²) < 4.78 is 11.0. The Balaban J connectivity index is 1.79. The van der Waals surface area contributed by atoms with Crippen LogP contribution in [0.5, 0.6) is 11.5 Å². The van der Waals surface area contributed by atoms with Crippen molar-refractivity contribution in [2.24, 2.45) is 0 Å². The lowest BCUT2D eigenvalue weighted by atomic mass is 10.2. The van der Waals surface area contributed by atoms with Gasteiger partial charge in [0.2, 0.25) is 0 Å². The van der Waals surface area contributed by atoms with E-state index >= 15 is 0 Å². The van der Waals surface area contributed by atoms with Crippen LogP contribution in [0.4, 0.5) is 5.82 Å². The fraction of sp³-hybridized carbons (Fsp3) is 0.333. The molecule has 0 bridgehead atoms. The van der Waals surface area contributed by atoms with Crippen LogP contribution < -0.4 is 20.8 Å². The smallest absolute Gasteiger partial charge is 0.253 e. The quantitative estimate of drug-likeness (QED) is 0.462. The molecule has 2 rings (SSSR count). The molecule has 0 saturated carbocycles. The van der Waals surface area contributed by atoms with E-state index in [2.05, 4.69) is 9.97 Å². The minimum Gasteiger partial charge on any atom is -0.493 e. The van der Waals surface area contributed by atoms with E-state index in [1.807, 2.05) is 25.1 Å². The molecule has 0 spiro atoms. The van der Waals surface area contributed by atoms with Crippen molar-refractivity contribution in [1.82, 2.24) is 9.97 Å². The summed E-state index contributed by atoms with van der Waals surface area (Å²) in [5.74, 6) is 2.45. The summed E-state index contributed by atoms with van der Waals surface area (Å²) in [6.45, 7) is 2.56. The third-order valence-corrected chi connectivity index (χ3v) is 3.80. The van der Waals surface area contributed by atoms with Crippen molar-refractivity contribution in [3.8, 4) is 11.5 Å². The molecular formula is C15H19N3O3S. The van der Waals surface area contributed by atoms with Gasteiger partial charge < -0.3 is 20.2 Å². The van der Waals surface area contributed by atoms with Crippen LogP contribution >= 0.6 is 11.8 Å². The van der Waals surface area contributed by atoms with Crippen molar-refractivity contribution in [2.75, 3.05) is 25.2 Å². The first-order valence-corrected chi connectivity index (χ1v) is 7.84. The molecule has 0 fully saturated rings. The van der Waals surface area contributed by atoms with Crippen LogP contribution in [0.25, 0.3) is 0 Å². The topological polar surface area (TPSA) is 90.2 Å². The predicted octanol–water partition coefficient (Wildman–Crippen LogP) is 2.23. The number of aryl methyl sites for hydroxylation is 1. The molecule has 0 aliphatic carbocycles. The van der Waals surface area contributed by atoms with Crippen molar-refractivity contribution in [2.45, 2.75) is 18.5 Å². The number of hydrogen-bond acceptors (Lipinski definition) is 6. The summed E-state index contributed by atoms with van der Waals surface area (Å²) >= 11 is 1.44. The molecule has 0 aliphatic rings. The minimum absolute atomic E-state index is 0.229. The van der Waals surface area contributed by atoms with E-state index in [0.29, 0.717) is 11.8 Å². The molecule has 2 aromatic rings. The zero-order valence-corrected chi connectivity index (χ0v) is 13.4. The molecule has 1 aromatic carbocycles. The molecule has 0 unspecified atom stereocenters. The standard InChI is InChI=1S/C15H19N3O3S/c1-10-4-5-11(12(8-10)20-2)21-6-3-7-22-15-17-13(16)9-14(19)18-15/h4-5,8-9H,3,6-7H2,1-2H3,(H3,16,17,18,19). The number of aromatic amines is 1. The number of benzene rings is 1. The lowest BCUT2D eigenvalue weighted by Gasteiger charge is -2.11. The highest BCUT2D eigenvalue weighted by molar-refractivity contribution is 7.99. The van der Waals surface area contributed by atoms with Crippen molar-refractivity contribution in [1.29, 1.82) is 0 Å². The Hall–Kier alpha value is -2.15. The second kappa shape index (κ2) is 7.74. The Morgan fingerprint density at radius 1 is 1.32 bits per heavy atom. The Morgan fingerprint density at radius 3 is 2.86 bits per heavy atom. The molecule has 118 valence electrons. The average Bonchev–Trinajstić information content (AvgIpc) is 2.47. The summed E-state index contributed by atoms with van der Waals surface area (Å²) in [5.41, 5.74) is 6.41. The lowest BCUT2D eigenvalue weighted by Crippen LogP contribution is -2.09. The van der Waals surface area contributed by atoms with E-state index in [1.54, 1.807) is 7.11 Å². The number of H-pyrrole nitrogens is 1. The van der Waals surface area contributed by atoms with Crippen molar-refractivity contribution >= 4 is 17.6 Å². The van der Waals surface area contributed by atoms with Crippen LogP contribution in [0.1, 0.15) is 12.0 Å². The fourth-order valence-electron chi connectivity index (χ4n) is 1.83. The first-order valence-electron chi connectivity index (χ1n) is 6.85. The maximum Gasteiger partial charge on any atom is 0.253 e. The second-order valence-electron chi connectivity index (χ2n) is 4.68. The van der Waals surface area contributed by atoms with Crippen LogP contribution in [0.15, 0.2) is 34.2 Å². The molecule has 0 amide bonds. The van der Waals surface area contributed by atoms with Gasteiger partial charge in [-0.25, -0.2) is 4.98 Å². The highest BCUT2D eigenvalue weighted by Gasteiger charge is 2.04. The van der Waals surface area contributed by atoms with Gasteiger partial charge in [0.05, 0.1) is 13.7 Å². The van der Waals surface area contributed by atoms with Crippen LogP contribution in [0.2, 0.25) is 0 Å². The van der Waals surface area contributed by atoms with Crippen molar-refractivity contribution in [3.63, 3.8) is 0 Å². The van der Waals surface area contributed by atoms with E-state index in [1.165, 1.54) is 17.8 Å². The maximum atomic E-state index is 11.3. The summed E-state index contributed by atoms with van der Waals surface area (Å²) in [4.78, 5) is 17.9. The number of rotatable bonds is 7. The summed E-state index contributed by atoms with van der Waals surface area (Å²) in [6, 6.07) is 7.08. The first-order chi connectivity index (χ1) is 10.6. The third kappa shape index (κ3) is 4.70. The molecule has 1 heterocycles. The molecule has 0 aliphatic heterocycles. The number of nitrogens with zero attached hydrogens (tertiary/aromatic N) is 1. The third-order valence-electron chi connectivity index (χ3n) is 2.84. The Bertz CT molecular complexity index is 688. The van der Waals surface area contributed by atoms with Crippen molar-refractivity contribution < 1.29 is 9.47 Å². The molecule has 7 heteroatoms. The predicted molar refractivity (Wildman–Crippen MR) is 87.8 cm³/mol. The van der Waals surface area contributed by atoms with Crippen LogP contribution in [0.3, 0.4) is 0 Å². The van der Waals surface area contributed by atoms with Crippen LogP contribution in [0, 0.1) is 6.92 Å². The van der Waals surface area contributed by atoms with Gasteiger partial charge in [-0.3, -0.25) is 4.79 Å². The van der Waals surface area contributed by atoms with Gasteiger partial charge in [0.25, 0.3) is 5.56 Å². The largest absolute Gasteiger partial charge is 0.493 e. The molecule has 3 N–H and O–H groups in total. The highest BCUT2D eigenvalue weighted by atomic mass is 32.2. The average molecular weight is 321 g/mol. The van der Waals surface area contributed by atoms with E-state index in [-0.39, 0.29) is 11.4 Å². The molecule has 1 aromatic heterocycles. The van der Waals surface area contributed by atoms with Gasteiger partial charge >= 0.3 is 0 Å². The number of nitrogen functional groups attached to an aromatic ring is 1. The van der Waals surface area contributed by atoms with E-state index in [0.717, 1.165) is 29.2 Å². The fourth-order valence-corrected chi connectivity index (χ4v) is 2.62. The number of anilines is 1. The zero-order valence-electron chi connectivity index (χ0n) is 12.6. The molecule has 0 saturated heterocycles. The second-order valence-corrected chi connectivity index (χ2v) is 5.76. The molecule has 0 atom stereocenters. The van der Waals surface area contributed by atoms with Crippen LogP contribution in [-0.4, -0.2) is 29.4 Å². The van der Waals surface area contributed by atoms with Crippen LogP contribution in [-0.2, 0) is 0 Å². The zero-order chi connectivity index (χ0) is 15.9. The SMILES string of the molecule is COc1cc(C)ccc1OCCCSc1nc(N)cc(=O)[nH]1. The highest BCUT2D eigenvalue weighted by Crippen LogP contribution is 2.28. The summed E-state index contributed by atoms with van der Waals surface area (Å²) in [7, 11) is 1.62. The van der Waals surface area contributed by atoms with E-state index < -0.39 is 0 Å². The Morgan fingerprint density at radius 2 is 2.14 bits per heavy atom. The normalized spacial score (nSPS) is 10.5. The number of methoxy groups -OCH3 is 1. The molecule has 22 heavy (non-hydrogen) atoms. The van der Waals surface area contributed by atoms with Gasteiger partial charge in [0.15, 0.2) is 16.7 Å². The maximum absolute atomic E-state index is 11.3. The molecule has 6 nitrogen and oxygen atoms in total. The number of thioether (sulfide) groups is 1. The Kier molecular flexibility index (Phi) is 5.71. The minimum atomic E-state index is -0.240. The first kappa shape index (κ1) is 16.2. The molecular weight excluding hydrogens is 302 g/mol. The monoisotopic (exact) mass is 321 g/mol. The number of nitrogens with two attached hydrogens (primary N) is 1. The van der Waals surface area contributed by atoms with Gasteiger partial charge in [-0.15, -0.1) is 0 Å². The van der Waals surface area contributed by atoms with Gasteiger partial charge in [-0.05, 0) is 31.0 Å². The van der Waals surface area contributed by atoms with Crippen molar-refractivity contribution in [3.05, 3.63) is 40.2 Å².